The number of hydrogen-bond donors (Lipinski definition) is 2. The molecule has 0 bridgehead atoms. The molecule has 3 amide bonds. The molecule has 2 saturated carbocycles. The van der Waals surface area contributed by atoms with E-state index in [9.17, 15) is 27.6 Å². The Morgan fingerprint density at radius 1 is 1.05 bits per heavy atom. The van der Waals surface area contributed by atoms with Crippen LogP contribution in [0.5, 0.6) is 0 Å². The monoisotopic (exact) mass is 593 g/mol. The molecule has 4 rings (SSSR count). The number of benzene rings is 1. The molecule has 2 aromatic rings. The molecule has 1 heterocycles. The van der Waals surface area contributed by atoms with Gasteiger partial charge < -0.3 is 15.5 Å². The summed E-state index contributed by atoms with van der Waals surface area (Å²) in [4.78, 5) is 40.1. The summed E-state index contributed by atoms with van der Waals surface area (Å²) in [5.41, 5.74) is 0.330. The first-order valence-electron chi connectivity index (χ1n) is 14.8. The molecule has 2 fully saturated rings. The van der Waals surface area contributed by atoms with Gasteiger partial charge in [0, 0.05) is 19.3 Å². The van der Waals surface area contributed by atoms with Crippen LogP contribution >= 0.6 is 0 Å². The number of anilines is 1. The number of halogens is 4. The van der Waals surface area contributed by atoms with Crippen LogP contribution in [0, 0.1) is 17.7 Å². The van der Waals surface area contributed by atoms with Crippen molar-refractivity contribution in [2.75, 3.05) is 11.9 Å². The average Bonchev–Trinajstić information content (AvgIpc) is 3.74. The number of carbonyl (C=O) groups excluding carboxylic acids is 3. The smallest absolute Gasteiger partial charge is 0.287 e. The number of alkyl halides is 3. The van der Waals surface area contributed by atoms with Gasteiger partial charge in [-0.3, -0.25) is 19.1 Å². The first kappa shape index (κ1) is 31.5. The van der Waals surface area contributed by atoms with Gasteiger partial charge in [0.15, 0.2) is 0 Å². The van der Waals surface area contributed by atoms with Crippen LogP contribution < -0.4 is 10.6 Å². The molecule has 1 aromatic carbocycles. The fourth-order valence-electron chi connectivity index (χ4n) is 5.57. The highest BCUT2D eigenvalue weighted by Crippen LogP contribution is 2.33. The zero-order chi connectivity index (χ0) is 30.4. The molecular weight excluding hydrogens is 554 g/mol. The van der Waals surface area contributed by atoms with Crippen molar-refractivity contribution in [3.8, 4) is 0 Å². The van der Waals surface area contributed by atoms with E-state index < -0.39 is 48.2 Å². The van der Waals surface area contributed by atoms with Gasteiger partial charge in [0.1, 0.15) is 17.6 Å². The van der Waals surface area contributed by atoms with E-state index in [1.807, 2.05) is 6.92 Å². The van der Waals surface area contributed by atoms with Crippen LogP contribution in [-0.4, -0.2) is 57.7 Å². The highest BCUT2D eigenvalue weighted by Gasteiger charge is 2.38. The SMILES string of the molecule is CCn1nccc1C(=O)N[C@H](C(=O)Nc1ccc(C(C)C(=O)N(CC2CC2)C(F)C(F)F)cc1F)C1CCCCCC1. The van der Waals surface area contributed by atoms with Gasteiger partial charge in [-0.25, -0.2) is 17.6 Å². The van der Waals surface area contributed by atoms with Gasteiger partial charge in [-0.15, -0.1) is 0 Å². The second-order valence-electron chi connectivity index (χ2n) is 11.3. The molecule has 12 heteroatoms. The molecule has 2 aliphatic carbocycles. The summed E-state index contributed by atoms with van der Waals surface area (Å²) in [5, 5.41) is 9.55. The van der Waals surface area contributed by atoms with Gasteiger partial charge in [0.05, 0.1) is 11.6 Å². The Hall–Kier alpha value is -3.44. The van der Waals surface area contributed by atoms with Gasteiger partial charge in [-0.1, -0.05) is 31.7 Å². The summed E-state index contributed by atoms with van der Waals surface area (Å²) in [7, 11) is 0. The van der Waals surface area contributed by atoms with Crippen LogP contribution in [0.15, 0.2) is 30.5 Å². The lowest BCUT2D eigenvalue weighted by Crippen LogP contribution is -2.49. The fourth-order valence-corrected chi connectivity index (χ4v) is 5.57. The Labute approximate surface area is 243 Å². The summed E-state index contributed by atoms with van der Waals surface area (Å²) in [6.07, 6.45) is 2.26. The van der Waals surface area contributed by atoms with Crippen molar-refractivity contribution in [2.24, 2.45) is 11.8 Å². The molecule has 2 aliphatic rings. The van der Waals surface area contributed by atoms with Crippen molar-refractivity contribution in [1.29, 1.82) is 0 Å². The minimum Gasteiger partial charge on any atom is -0.339 e. The second-order valence-corrected chi connectivity index (χ2v) is 11.3. The molecule has 0 spiro atoms. The number of amides is 3. The van der Waals surface area contributed by atoms with E-state index in [1.165, 1.54) is 29.9 Å². The van der Waals surface area contributed by atoms with Crippen molar-refractivity contribution >= 4 is 23.4 Å². The van der Waals surface area contributed by atoms with E-state index in [0.29, 0.717) is 17.1 Å². The van der Waals surface area contributed by atoms with E-state index in [2.05, 4.69) is 15.7 Å². The third kappa shape index (κ3) is 7.69. The zero-order valence-corrected chi connectivity index (χ0v) is 24.0. The largest absolute Gasteiger partial charge is 0.339 e. The number of aromatic nitrogens is 2. The fraction of sp³-hybridized carbons (Fsp3) is 0.600. The summed E-state index contributed by atoms with van der Waals surface area (Å²) in [5.74, 6) is -3.95. The predicted octanol–water partition coefficient (Wildman–Crippen LogP) is 5.65. The minimum atomic E-state index is -3.35. The minimum absolute atomic E-state index is 0.0168. The van der Waals surface area contributed by atoms with Crippen molar-refractivity contribution in [1.82, 2.24) is 20.0 Å². The molecule has 3 atom stereocenters. The molecule has 230 valence electrons. The average molecular weight is 594 g/mol. The van der Waals surface area contributed by atoms with Crippen LogP contribution in [0.3, 0.4) is 0 Å². The number of rotatable bonds is 12. The molecule has 0 saturated heterocycles. The maximum absolute atomic E-state index is 15.3. The van der Waals surface area contributed by atoms with Crippen LogP contribution in [0.4, 0.5) is 23.2 Å². The maximum atomic E-state index is 15.3. The number of aryl methyl sites for hydroxylation is 1. The normalized spacial score (nSPS) is 18.2. The van der Waals surface area contributed by atoms with Crippen molar-refractivity contribution < 1.29 is 31.9 Å². The van der Waals surface area contributed by atoms with Gasteiger partial charge in [0.2, 0.25) is 18.1 Å². The lowest BCUT2D eigenvalue weighted by Gasteiger charge is -2.29. The van der Waals surface area contributed by atoms with Crippen molar-refractivity contribution in [2.45, 2.75) is 96.4 Å². The molecule has 1 aromatic heterocycles. The lowest BCUT2D eigenvalue weighted by molar-refractivity contribution is -0.146. The van der Waals surface area contributed by atoms with Crippen LogP contribution in [0.1, 0.15) is 87.2 Å². The Morgan fingerprint density at radius 3 is 2.33 bits per heavy atom. The van der Waals surface area contributed by atoms with Crippen molar-refractivity contribution in [3.05, 3.63) is 47.5 Å². The number of hydrogen-bond acceptors (Lipinski definition) is 4. The summed E-state index contributed by atoms with van der Waals surface area (Å²) in [6, 6.07) is 4.39. The quantitative estimate of drug-likeness (QED) is 0.189. The number of nitrogens with zero attached hydrogens (tertiary/aromatic N) is 3. The van der Waals surface area contributed by atoms with E-state index in [0.717, 1.165) is 57.4 Å². The molecule has 8 nitrogen and oxygen atoms in total. The molecule has 0 aliphatic heterocycles. The predicted molar refractivity (Wildman–Crippen MR) is 149 cm³/mol. The van der Waals surface area contributed by atoms with Crippen LogP contribution in [0.2, 0.25) is 0 Å². The van der Waals surface area contributed by atoms with Crippen molar-refractivity contribution in [3.63, 3.8) is 0 Å². The van der Waals surface area contributed by atoms with Gasteiger partial charge in [-0.2, -0.15) is 5.10 Å². The Balaban J connectivity index is 1.50. The van der Waals surface area contributed by atoms with E-state index in [1.54, 1.807) is 6.07 Å². The second kappa shape index (κ2) is 14.2. The topological polar surface area (TPSA) is 96.3 Å². The molecule has 42 heavy (non-hydrogen) atoms. The Morgan fingerprint density at radius 2 is 1.74 bits per heavy atom. The third-order valence-corrected chi connectivity index (χ3v) is 8.25. The maximum Gasteiger partial charge on any atom is 0.287 e. The summed E-state index contributed by atoms with van der Waals surface area (Å²) >= 11 is 0. The van der Waals surface area contributed by atoms with E-state index in [4.69, 9.17) is 0 Å². The highest BCUT2D eigenvalue weighted by molar-refractivity contribution is 6.00. The first-order valence-corrected chi connectivity index (χ1v) is 14.8. The third-order valence-electron chi connectivity index (χ3n) is 8.25. The summed E-state index contributed by atoms with van der Waals surface area (Å²) in [6.45, 7) is 3.62. The summed E-state index contributed by atoms with van der Waals surface area (Å²) < 4.78 is 57.3. The number of carbonyl (C=O) groups is 3. The standard InChI is InChI=1S/C30H39F4N5O3/c1-3-39-24(14-15-35-39)28(40)37-25(20-8-6-4-5-7-9-20)29(41)36-23-13-12-21(16-22(23)31)18(2)30(42)38(17-19-10-11-19)27(34)26(32)33/h12-16,18-20,25-27H,3-11,17H2,1-2H3,(H,36,41)(H,37,40)/t18?,25-,27?/m0/s1. The first-order chi connectivity index (χ1) is 20.1. The Kier molecular flexibility index (Phi) is 10.6. The van der Waals surface area contributed by atoms with E-state index in [-0.39, 0.29) is 29.6 Å². The van der Waals surface area contributed by atoms with Crippen LogP contribution in [-0.2, 0) is 16.1 Å². The van der Waals surface area contributed by atoms with Gasteiger partial charge in [0.25, 0.3) is 12.3 Å². The van der Waals surface area contributed by atoms with E-state index >= 15 is 4.39 Å². The highest BCUT2D eigenvalue weighted by atomic mass is 19.3. The molecule has 0 radical (unpaired) electrons. The molecule has 2 unspecified atom stereocenters. The zero-order valence-electron chi connectivity index (χ0n) is 24.0. The molecule has 2 N–H and O–H groups in total. The number of nitrogens with one attached hydrogen (secondary N) is 2. The van der Waals surface area contributed by atoms with Gasteiger partial charge >= 0.3 is 0 Å². The Bertz CT molecular complexity index is 1240. The van der Waals surface area contributed by atoms with Gasteiger partial charge in [-0.05, 0) is 75.1 Å². The lowest BCUT2D eigenvalue weighted by atomic mass is 9.90. The van der Waals surface area contributed by atoms with Crippen LogP contribution in [0.25, 0.3) is 0 Å². The molecular formula is C30H39F4N5O3.